The number of benzene rings is 1. The van der Waals surface area contributed by atoms with Gasteiger partial charge in [-0.2, -0.15) is 0 Å². The van der Waals surface area contributed by atoms with Crippen LogP contribution in [0, 0.1) is 5.82 Å². The van der Waals surface area contributed by atoms with E-state index in [1.807, 2.05) is 47.0 Å². The summed E-state index contributed by atoms with van der Waals surface area (Å²) in [6, 6.07) is 7.54. The molecule has 0 aliphatic carbocycles. The van der Waals surface area contributed by atoms with Crippen LogP contribution < -0.4 is 27.8 Å². The highest BCUT2D eigenvalue weighted by Gasteiger charge is 2.16. The van der Waals surface area contributed by atoms with E-state index in [0.717, 1.165) is 44.2 Å². The minimum atomic E-state index is -0.225. The van der Waals surface area contributed by atoms with Gasteiger partial charge in [-0.1, -0.05) is 32.0 Å². The minimum absolute atomic E-state index is 0.115. The van der Waals surface area contributed by atoms with Crippen molar-refractivity contribution in [3.8, 4) is 0 Å². The van der Waals surface area contributed by atoms with Crippen LogP contribution in [0.2, 0.25) is 0 Å². The average molecular weight is 428 g/mol. The summed E-state index contributed by atoms with van der Waals surface area (Å²) in [5.74, 6) is -0.120. The molecule has 0 saturated heterocycles. The van der Waals surface area contributed by atoms with E-state index in [0.29, 0.717) is 19.0 Å². The molecular formula is C23H46FN5O. The van der Waals surface area contributed by atoms with Gasteiger partial charge in [-0.05, 0) is 83.8 Å². The van der Waals surface area contributed by atoms with Crippen LogP contribution in [-0.4, -0.2) is 45.2 Å². The Labute approximate surface area is 183 Å². The molecule has 0 aliphatic heterocycles. The maximum absolute atomic E-state index is 13.9. The predicted molar refractivity (Wildman–Crippen MR) is 127 cm³/mol. The van der Waals surface area contributed by atoms with Gasteiger partial charge in [0.25, 0.3) is 0 Å². The second-order valence-electron chi connectivity index (χ2n) is 7.22. The molecule has 1 amide bonds. The van der Waals surface area contributed by atoms with Gasteiger partial charge in [0.1, 0.15) is 5.82 Å². The van der Waals surface area contributed by atoms with E-state index < -0.39 is 0 Å². The first-order chi connectivity index (χ1) is 14.3. The van der Waals surface area contributed by atoms with Crippen LogP contribution in [0.3, 0.4) is 0 Å². The second kappa shape index (κ2) is 20.7. The van der Waals surface area contributed by atoms with Crippen LogP contribution >= 0.6 is 0 Å². The van der Waals surface area contributed by atoms with E-state index in [4.69, 9.17) is 17.2 Å². The fourth-order valence-corrected chi connectivity index (χ4v) is 2.86. The number of carbonyl (C=O) groups is 1. The standard InChI is InChI=1S/C15H26FN3.C6H14N2O.C2H6/c1-19-11-9-12(6-7-13(18)8-10-17)14-4-2-3-5-15(14)16;1-5(8-2)3-4-6(7)9;1-2/h2-5,12-13,19H,6-11,17-18H2,1H3;5,8H,3-4H2,1-2H3,(H2,7,9);1-2H3. The van der Waals surface area contributed by atoms with Crippen LogP contribution in [0.4, 0.5) is 4.39 Å². The molecule has 1 aromatic rings. The summed E-state index contributed by atoms with van der Waals surface area (Å²) in [5, 5.41) is 6.14. The predicted octanol–water partition coefficient (Wildman–Crippen LogP) is 2.86. The lowest BCUT2D eigenvalue weighted by molar-refractivity contribution is -0.118. The zero-order valence-electron chi connectivity index (χ0n) is 19.7. The highest BCUT2D eigenvalue weighted by Crippen LogP contribution is 2.27. The number of primary amides is 1. The summed E-state index contributed by atoms with van der Waals surface area (Å²) in [4.78, 5) is 10.2. The van der Waals surface area contributed by atoms with Gasteiger partial charge in [-0.3, -0.25) is 4.79 Å². The van der Waals surface area contributed by atoms with Crippen molar-refractivity contribution in [2.24, 2.45) is 17.2 Å². The fraction of sp³-hybridized carbons (Fsp3) is 0.696. The quantitative estimate of drug-likeness (QED) is 0.332. The van der Waals surface area contributed by atoms with Crippen molar-refractivity contribution in [2.45, 2.75) is 77.3 Å². The lowest BCUT2D eigenvalue weighted by atomic mass is 9.89. The lowest BCUT2D eigenvalue weighted by Crippen LogP contribution is -2.24. The van der Waals surface area contributed by atoms with E-state index in [2.05, 4.69) is 10.6 Å². The zero-order chi connectivity index (χ0) is 23.4. The van der Waals surface area contributed by atoms with Gasteiger partial charge in [0.15, 0.2) is 0 Å². The van der Waals surface area contributed by atoms with Crippen molar-refractivity contribution >= 4 is 5.91 Å². The molecule has 6 nitrogen and oxygen atoms in total. The molecule has 0 fully saturated rings. The molecule has 1 aromatic carbocycles. The van der Waals surface area contributed by atoms with Crippen LogP contribution in [0.1, 0.15) is 70.8 Å². The van der Waals surface area contributed by atoms with Crippen LogP contribution in [0.5, 0.6) is 0 Å². The van der Waals surface area contributed by atoms with Crippen molar-refractivity contribution in [1.82, 2.24) is 10.6 Å². The SMILES string of the molecule is CC.CNC(C)CCC(N)=O.CNCCC(CCC(N)CCN)c1ccccc1F. The molecule has 3 unspecified atom stereocenters. The molecule has 1 rings (SSSR count). The summed E-state index contributed by atoms with van der Waals surface area (Å²) in [6.45, 7) is 7.51. The maximum atomic E-state index is 13.9. The van der Waals surface area contributed by atoms with E-state index in [1.54, 1.807) is 6.07 Å². The molecule has 0 aliphatic rings. The Morgan fingerprint density at radius 3 is 2.20 bits per heavy atom. The number of carbonyl (C=O) groups excluding carboxylic acids is 1. The molecule has 0 saturated carbocycles. The molecule has 0 bridgehead atoms. The summed E-state index contributed by atoms with van der Waals surface area (Å²) in [7, 11) is 3.78. The normalized spacial score (nSPS) is 13.2. The first kappa shape index (κ1) is 30.7. The molecular weight excluding hydrogens is 381 g/mol. The van der Waals surface area contributed by atoms with Crippen molar-refractivity contribution in [3.05, 3.63) is 35.6 Å². The Kier molecular flexibility index (Phi) is 21.2. The Hall–Kier alpha value is -1.54. The summed E-state index contributed by atoms with van der Waals surface area (Å²) in [6.07, 6.45) is 4.85. The largest absolute Gasteiger partial charge is 0.370 e. The number of hydrogen-bond donors (Lipinski definition) is 5. The second-order valence-corrected chi connectivity index (χ2v) is 7.22. The van der Waals surface area contributed by atoms with Crippen molar-refractivity contribution in [3.63, 3.8) is 0 Å². The molecule has 0 radical (unpaired) electrons. The summed E-state index contributed by atoms with van der Waals surface area (Å²) >= 11 is 0. The number of hydrogen-bond acceptors (Lipinski definition) is 5. The van der Waals surface area contributed by atoms with E-state index in [-0.39, 0.29) is 23.7 Å². The third-order valence-electron chi connectivity index (χ3n) is 4.83. The first-order valence-corrected chi connectivity index (χ1v) is 11.2. The molecule has 3 atom stereocenters. The summed E-state index contributed by atoms with van der Waals surface area (Å²) in [5.41, 5.74) is 17.2. The van der Waals surface area contributed by atoms with E-state index in [1.165, 1.54) is 6.07 Å². The van der Waals surface area contributed by atoms with E-state index >= 15 is 0 Å². The molecule has 0 spiro atoms. The number of nitrogens with two attached hydrogens (primary N) is 3. The first-order valence-electron chi connectivity index (χ1n) is 11.2. The molecule has 176 valence electrons. The highest BCUT2D eigenvalue weighted by molar-refractivity contribution is 5.73. The molecule has 7 heteroatoms. The Balaban J connectivity index is 0. The third kappa shape index (κ3) is 16.3. The molecule has 8 N–H and O–H groups in total. The highest BCUT2D eigenvalue weighted by atomic mass is 19.1. The summed E-state index contributed by atoms with van der Waals surface area (Å²) < 4.78 is 13.9. The van der Waals surface area contributed by atoms with Gasteiger partial charge in [0.05, 0.1) is 0 Å². The van der Waals surface area contributed by atoms with E-state index in [9.17, 15) is 9.18 Å². The number of nitrogens with one attached hydrogen (secondary N) is 2. The van der Waals surface area contributed by atoms with Crippen molar-refractivity contribution in [1.29, 1.82) is 0 Å². The minimum Gasteiger partial charge on any atom is -0.370 e. The topological polar surface area (TPSA) is 119 Å². The Bertz CT molecular complexity index is 530. The van der Waals surface area contributed by atoms with Gasteiger partial charge >= 0.3 is 0 Å². The molecule has 0 heterocycles. The number of halogens is 1. The molecule has 0 aromatic heterocycles. The number of amides is 1. The van der Waals surface area contributed by atoms with Crippen LogP contribution in [0.25, 0.3) is 0 Å². The zero-order valence-corrected chi connectivity index (χ0v) is 19.7. The van der Waals surface area contributed by atoms with Gasteiger partial charge in [0, 0.05) is 18.5 Å². The van der Waals surface area contributed by atoms with Crippen molar-refractivity contribution < 1.29 is 9.18 Å². The Morgan fingerprint density at radius 2 is 1.70 bits per heavy atom. The van der Waals surface area contributed by atoms with Gasteiger partial charge in [-0.25, -0.2) is 4.39 Å². The average Bonchev–Trinajstić information content (AvgIpc) is 2.75. The van der Waals surface area contributed by atoms with Gasteiger partial charge in [-0.15, -0.1) is 0 Å². The fourth-order valence-electron chi connectivity index (χ4n) is 2.86. The van der Waals surface area contributed by atoms with Crippen molar-refractivity contribution in [2.75, 3.05) is 27.2 Å². The maximum Gasteiger partial charge on any atom is 0.217 e. The monoisotopic (exact) mass is 427 g/mol. The van der Waals surface area contributed by atoms with Gasteiger partial charge < -0.3 is 27.8 Å². The Morgan fingerprint density at radius 1 is 1.07 bits per heavy atom. The van der Waals surface area contributed by atoms with Crippen LogP contribution in [-0.2, 0) is 4.79 Å². The molecule has 30 heavy (non-hydrogen) atoms. The van der Waals surface area contributed by atoms with Crippen LogP contribution in [0.15, 0.2) is 24.3 Å². The third-order valence-corrected chi connectivity index (χ3v) is 4.83. The number of rotatable bonds is 13. The lowest BCUT2D eigenvalue weighted by Gasteiger charge is -2.20. The smallest absolute Gasteiger partial charge is 0.217 e. The van der Waals surface area contributed by atoms with Gasteiger partial charge in [0.2, 0.25) is 5.91 Å².